The summed E-state index contributed by atoms with van der Waals surface area (Å²) in [6, 6.07) is 3.02. The van der Waals surface area contributed by atoms with Crippen LogP contribution in [0.25, 0.3) is 0 Å². The Balaban J connectivity index is 1.68. The number of likely N-dealkylation sites (tertiary alicyclic amines) is 2. The van der Waals surface area contributed by atoms with E-state index in [2.05, 4.69) is 0 Å². The van der Waals surface area contributed by atoms with Crippen molar-refractivity contribution in [3.63, 3.8) is 0 Å². The molecular weight excluding hydrogens is 320 g/mol. The maximum Gasteiger partial charge on any atom is 0.290 e. The molecule has 0 saturated carbocycles. The molecule has 1 atom stereocenters. The number of hydrogen-bond acceptors (Lipinski definition) is 4. The quantitative estimate of drug-likeness (QED) is 0.824. The standard InChI is InChI=1S/C19H26N2O4/c22-17(15-5-3-12-25-15)21-11-4-6-19(7-13-24-14-8-19)16(21)18(23)20-9-1-2-10-20/h3,5,12,16H,1-2,4,6-11,13-14H2. The summed E-state index contributed by atoms with van der Waals surface area (Å²) in [5.74, 6) is 0.287. The zero-order chi connectivity index (χ0) is 17.3. The highest BCUT2D eigenvalue weighted by Crippen LogP contribution is 2.45. The van der Waals surface area contributed by atoms with E-state index in [1.807, 2.05) is 4.90 Å². The number of furan rings is 1. The molecule has 136 valence electrons. The molecule has 1 spiro atoms. The number of carbonyl (C=O) groups excluding carboxylic acids is 2. The van der Waals surface area contributed by atoms with Gasteiger partial charge in [0, 0.05) is 38.3 Å². The normalized spacial score (nSPS) is 26.2. The van der Waals surface area contributed by atoms with Gasteiger partial charge in [0.1, 0.15) is 6.04 Å². The van der Waals surface area contributed by atoms with Gasteiger partial charge in [0.25, 0.3) is 5.91 Å². The monoisotopic (exact) mass is 346 g/mol. The summed E-state index contributed by atoms with van der Waals surface area (Å²) in [7, 11) is 0. The number of ether oxygens (including phenoxy) is 1. The van der Waals surface area contributed by atoms with Crippen LogP contribution in [0.15, 0.2) is 22.8 Å². The van der Waals surface area contributed by atoms with Crippen molar-refractivity contribution in [3.8, 4) is 0 Å². The number of hydrogen-bond donors (Lipinski definition) is 0. The lowest BCUT2D eigenvalue weighted by Gasteiger charge is -2.51. The van der Waals surface area contributed by atoms with Crippen molar-refractivity contribution < 1.29 is 18.7 Å². The van der Waals surface area contributed by atoms with Gasteiger partial charge >= 0.3 is 0 Å². The Hall–Kier alpha value is -1.82. The lowest BCUT2D eigenvalue weighted by atomic mass is 9.67. The predicted octanol–water partition coefficient (Wildman–Crippen LogP) is 2.30. The second-order valence-electron chi connectivity index (χ2n) is 7.49. The number of nitrogens with zero attached hydrogens (tertiary/aromatic N) is 2. The molecule has 4 rings (SSSR count). The SMILES string of the molecule is O=C(C1N(C(=O)c2ccco2)CCCC12CCOCC2)N1CCCC1. The van der Waals surface area contributed by atoms with E-state index in [0.717, 1.165) is 51.6 Å². The van der Waals surface area contributed by atoms with E-state index in [-0.39, 0.29) is 23.3 Å². The van der Waals surface area contributed by atoms with Gasteiger partial charge in [-0.25, -0.2) is 0 Å². The Morgan fingerprint density at radius 2 is 1.80 bits per heavy atom. The molecule has 0 radical (unpaired) electrons. The van der Waals surface area contributed by atoms with Gasteiger partial charge in [-0.2, -0.15) is 0 Å². The molecule has 3 aliphatic rings. The number of carbonyl (C=O) groups is 2. The maximum atomic E-state index is 13.4. The van der Waals surface area contributed by atoms with Crippen LogP contribution in [0.2, 0.25) is 0 Å². The minimum absolute atomic E-state index is 0.124. The first-order valence-corrected chi connectivity index (χ1v) is 9.42. The van der Waals surface area contributed by atoms with Crippen LogP contribution >= 0.6 is 0 Å². The molecule has 3 aliphatic heterocycles. The number of rotatable bonds is 2. The number of amides is 2. The first kappa shape index (κ1) is 16.6. The first-order chi connectivity index (χ1) is 12.2. The molecule has 3 fully saturated rings. The van der Waals surface area contributed by atoms with Crippen LogP contribution in [0.4, 0.5) is 0 Å². The van der Waals surface area contributed by atoms with E-state index in [9.17, 15) is 9.59 Å². The van der Waals surface area contributed by atoms with Gasteiger partial charge < -0.3 is 19.0 Å². The predicted molar refractivity (Wildman–Crippen MR) is 91.1 cm³/mol. The third-order valence-corrected chi connectivity index (χ3v) is 6.10. The van der Waals surface area contributed by atoms with Crippen molar-refractivity contribution in [1.82, 2.24) is 9.80 Å². The summed E-state index contributed by atoms with van der Waals surface area (Å²) in [5.41, 5.74) is -0.154. The summed E-state index contributed by atoms with van der Waals surface area (Å²) >= 11 is 0. The van der Waals surface area contributed by atoms with Crippen LogP contribution in [0.5, 0.6) is 0 Å². The van der Waals surface area contributed by atoms with Crippen molar-refractivity contribution in [3.05, 3.63) is 24.2 Å². The zero-order valence-electron chi connectivity index (χ0n) is 14.6. The van der Waals surface area contributed by atoms with Gasteiger partial charge in [-0.05, 0) is 50.7 Å². The van der Waals surface area contributed by atoms with E-state index >= 15 is 0 Å². The second kappa shape index (κ2) is 6.83. The fourth-order valence-corrected chi connectivity index (χ4v) is 4.77. The molecular formula is C19H26N2O4. The number of piperidine rings is 1. The summed E-state index contributed by atoms with van der Waals surface area (Å²) in [5, 5.41) is 0. The van der Waals surface area contributed by atoms with Crippen LogP contribution in [0.1, 0.15) is 49.1 Å². The lowest BCUT2D eigenvalue weighted by molar-refractivity contribution is -0.147. The fourth-order valence-electron chi connectivity index (χ4n) is 4.77. The smallest absolute Gasteiger partial charge is 0.290 e. The van der Waals surface area contributed by atoms with E-state index < -0.39 is 0 Å². The highest BCUT2D eigenvalue weighted by molar-refractivity contribution is 5.96. The Bertz CT molecular complexity index is 610. The molecule has 0 N–H and O–H groups in total. The molecule has 25 heavy (non-hydrogen) atoms. The summed E-state index contributed by atoms with van der Waals surface area (Å²) in [6.07, 6.45) is 7.23. The van der Waals surface area contributed by atoms with Crippen molar-refractivity contribution in [2.75, 3.05) is 32.8 Å². The molecule has 1 aromatic rings. The van der Waals surface area contributed by atoms with Crippen molar-refractivity contribution in [2.24, 2.45) is 5.41 Å². The minimum Gasteiger partial charge on any atom is -0.459 e. The largest absolute Gasteiger partial charge is 0.459 e. The van der Waals surface area contributed by atoms with Gasteiger partial charge in [0.15, 0.2) is 5.76 Å². The van der Waals surface area contributed by atoms with Crippen molar-refractivity contribution >= 4 is 11.8 Å². The topological polar surface area (TPSA) is 63.0 Å². The highest BCUT2D eigenvalue weighted by atomic mass is 16.5. The molecule has 3 saturated heterocycles. The summed E-state index contributed by atoms with van der Waals surface area (Å²) in [4.78, 5) is 30.2. The van der Waals surface area contributed by atoms with Crippen LogP contribution in [0.3, 0.4) is 0 Å². The van der Waals surface area contributed by atoms with E-state index in [1.165, 1.54) is 6.26 Å². The summed E-state index contributed by atoms with van der Waals surface area (Å²) < 4.78 is 10.9. The van der Waals surface area contributed by atoms with Gasteiger partial charge in [0.05, 0.1) is 6.26 Å². The van der Waals surface area contributed by atoms with Crippen molar-refractivity contribution in [2.45, 2.75) is 44.6 Å². The van der Waals surface area contributed by atoms with E-state index in [4.69, 9.17) is 9.15 Å². The molecule has 4 heterocycles. The van der Waals surface area contributed by atoms with Gasteiger partial charge in [-0.3, -0.25) is 9.59 Å². The van der Waals surface area contributed by atoms with Crippen LogP contribution < -0.4 is 0 Å². The molecule has 0 aliphatic carbocycles. The van der Waals surface area contributed by atoms with Gasteiger partial charge in [0.2, 0.25) is 5.91 Å². The molecule has 0 aromatic carbocycles. The van der Waals surface area contributed by atoms with Gasteiger partial charge in [-0.1, -0.05) is 0 Å². The Morgan fingerprint density at radius 1 is 1.04 bits per heavy atom. The van der Waals surface area contributed by atoms with Crippen LogP contribution in [-0.4, -0.2) is 60.5 Å². The molecule has 1 unspecified atom stereocenters. The fraction of sp³-hybridized carbons (Fsp3) is 0.684. The molecule has 1 aromatic heterocycles. The molecule has 6 nitrogen and oxygen atoms in total. The van der Waals surface area contributed by atoms with Crippen molar-refractivity contribution in [1.29, 1.82) is 0 Å². The molecule has 2 amide bonds. The maximum absolute atomic E-state index is 13.4. The highest BCUT2D eigenvalue weighted by Gasteiger charge is 2.52. The third-order valence-electron chi connectivity index (χ3n) is 6.10. The zero-order valence-corrected chi connectivity index (χ0v) is 14.6. The van der Waals surface area contributed by atoms with E-state index in [0.29, 0.717) is 25.5 Å². The van der Waals surface area contributed by atoms with E-state index in [1.54, 1.807) is 17.0 Å². The average molecular weight is 346 g/mol. The van der Waals surface area contributed by atoms with Crippen LogP contribution in [-0.2, 0) is 9.53 Å². The average Bonchev–Trinajstić information content (AvgIpc) is 3.34. The lowest BCUT2D eigenvalue weighted by Crippen LogP contribution is -2.62. The van der Waals surface area contributed by atoms with Gasteiger partial charge in [-0.15, -0.1) is 0 Å². The Kier molecular flexibility index (Phi) is 4.54. The third kappa shape index (κ3) is 2.97. The Morgan fingerprint density at radius 3 is 2.48 bits per heavy atom. The summed E-state index contributed by atoms with van der Waals surface area (Å²) in [6.45, 7) is 3.58. The Labute approximate surface area is 148 Å². The van der Waals surface area contributed by atoms with Crippen LogP contribution in [0, 0.1) is 5.41 Å². The first-order valence-electron chi connectivity index (χ1n) is 9.42. The second-order valence-corrected chi connectivity index (χ2v) is 7.49. The molecule has 6 heteroatoms. The minimum atomic E-state index is -0.388. The molecule has 0 bridgehead atoms.